The average Bonchev–Trinajstić information content (AvgIpc) is 2.05. The lowest BCUT2D eigenvalue weighted by atomic mass is 10.2. The van der Waals surface area contributed by atoms with Gasteiger partial charge < -0.3 is 5.11 Å². The summed E-state index contributed by atoms with van der Waals surface area (Å²) < 4.78 is 0. The van der Waals surface area contributed by atoms with Gasteiger partial charge in [0, 0.05) is 12.4 Å². The van der Waals surface area contributed by atoms with E-state index >= 15 is 0 Å². The number of nitrogens with zero attached hydrogens (tertiary/aromatic N) is 1. The van der Waals surface area contributed by atoms with E-state index in [0.29, 0.717) is 5.56 Å². The molecule has 1 aromatic rings. The molecule has 1 rings (SSSR count). The van der Waals surface area contributed by atoms with Gasteiger partial charge in [-0.1, -0.05) is 5.92 Å². The summed E-state index contributed by atoms with van der Waals surface area (Å²) in [5.74, 6) is 2.21. The van der Waals surface area contributed by atoms with Crippen molar-refractivity contribution in [3.63, 3.8) is 0 Å². The summed E-state index contributed by atoms with van der Waals surface area (Å²) >= 11 is 0. The molecule has 0 aliphatic carbocycles. The standard InChI is InChI=1S/C8H7NO/c1-2-8(10)7-3-5-9-6-4-7/h1,3-6,8,10H/t8-/m0/s1. The van der Waals surface area contributed by atoms with Crippen molar-refractivity contribution in [3.05, 3.63) is 30.1 Å². The maximum atomic E-state index is 9.07. The molecule has 1 heterocycles. The van der Waals surface area contributed by atoms with Crippen LogP contribution in [0.15, 0.2) is 24.5 Å². The van der Waals surface area contributed by atoms with Crippen LogP contribution >= 0.6 is 0 Å². The normalized spacial score (nSPS) is 12.0. The third kappa shape index (κ3) is 1.34. The largest absolute Gasteiger partial charge is 0.376 e. The molecule has 10 heavy (non-hydrogen) atoms. The first-order valence-electron chi connectivity index (χ1n) is 2.88. The van der Waals surface area contributed by atoms with Crippen molar-refractivity contribution in [2.45, 2.75) is 6.10 Å². The zero-order chi connectivity index (χ0) is 7.40. The van der Waals surface area contributed by atoms with E-state index in [2.05, 4.69) is 10.9 Å². The fourth-order valence-electron chi connectivity index (χ4n) is 0.642. The van der Waals surface area contributed by atoms with Crippen molar-refractivity contribution in [3.8, 4) is 12.3 Å². The van der Waals surface area contributed by atoms with Gasteiger partial charge in [0.1, 0.15) is 6.10 Å². The van der Waals surface area contributed by atoms with Crippen LogP contribution < -0.4 is 0 Å². The Labute approximate surface area is 59.5 Å². The van der Waals surface area contributed by atoms with Crippen molar-refractivity contribution in [1.82, 2.24) is 4.98 Å². The van der Waals surface area contributed by atoms with Crippen LogP contribution in [0.1, 0.15) is 11.7 Å². The fourth-order valence-corrected chi connectivity index (χ4v) is 0.642. The summed E-state index contributed by atoms with van der Waals surface area (Å²) in [6, 6.07) is 3.37. The molecular weight excluding hydrogens is 126 g/mol. The van der Waals surface area contributed by atoms with Gasteiger partial charge in [-0.15, -0.1) is 6.42 Å². The lowest BCUT2D eigenvalue weighted by molar-refractivity contribution is 0.238. The van der Waals surface area contributed by atoms with Crippen LogP contribution in [0.25, 0.3) is 0 Å². The molecular formula is C8H7NO. The second-order valence-corrected chi connectivity index (χ2v) is 1.85. The fraction of sp³-hybridized carbons (Fsp3) is 0.125. The summed E-state index contributed by atoms with van der Waals surface area (Å²) in [5, 5.41) is 9.07. The number of hydrogen-bond acceptors (Lipinski definition) is 2. The lowest BCUT2D eigenvalue weighted by Gasteiger charge is -1.99. The summed E-state index contributed by atoms with van der Waals surface area (Å²) in [6.07, 6.45) is 7.37. The van der Waals surface area contributed by atoms with E-state index in [1.165, 1.54) is 0 Å². The number of rotatable bonds is 1. The van der Waals surface area contributed by atoms with Crippen molar-refractivity contribution < 1.29 is 5.11 Å². The molecule has 0 aromatic carbocycles. The van der Waals surface area contributed by atoms with E-state index in [4.69, 9.17) is 11.5 Å². The first-order chi connectivity index (χ1) is 4.84. The van der Waals surface area contributed by atoms with Crippen LogP contribution in [0.5, 0.6) is 0 Å². The van der Waals surface area contributed by atoms with E-state index in [1.807, 2.05) is 0 Å². The van der Waals surface area contributed by atoms with Crippen LogP contribution in [-0.4, -0.2) is 10.1 Å². The van der Waals surface area contributed by atoms with E-state index in [-0.39, 0.29) is 0 Å². The molecule has 0 radical (unpaired) electrons. The number of aromatic nitrogens is 1. The molecule has 0 aliphatic heterocycles. The number of aliphatic hydroxyl groups excluding tert-OH is 1. The second kappa shape index (κ2) is 3.00. The van der Waals surface area contributed by atoms with Gasteiger partial charge in [-0.25, -0.2) is 0 Å². The van der Waals surface area contributed by atoms with Gasteiger partial charge >= 0.3 is 0 Å². The van der Waals surface area contributed by atoms with E-state index < -0.39 is 6.10 Å². The highest BCUT2D eigenvalue weighted by atomic mass is 16.3. The number of aliphatic hydroxyl groups is 1. The zero-order valence-corrected chi connectivity index (χ0v) is 5.36. The Morgan fingerprint density at radius 3 is 2.60 bits per heavy atom. The summed E-state index contributed by atoms with van der Waals surface area (Å²) in [7, 11) is 0. The van der Waals surface area contributed by atoms with Crippen LogP contribution in [0, 0.1) is 12.3 Å². The first kappa shape index (κ1) is 6.79. The maximum absolute atomic E-state index is 9.07. The molecule has 0 saturated heterocycles. The Balaban J connectivity index is 2.88. The minimum atomic E-state index is -0.803. The molecule has 0 unspecified atom stereocenters. The topological polar surface area (TPSA) is 33.1 Å². The van der Waals surface area contributed by atoms with Crippen LogP contribution in [0.4, 0.5) is 0 Å². The third-order valence-corrected chi connectivity index (χ3v) is 1.18. The molecule has 0 saturated carbocycles. The molecule has 2 nitrogen and oxygen atoms in total. The molecule has 0 fully saturated rings. The smallest absolute Gasteiger partial charge is 0.140 e. The second-order valence-electron chi connectivity index (χ2n) is 1.85. The molecule has 0 bridgehead atoms. The summed E-state index contributed by atoms with van der Waals surface area (Å²) in [5.41, 5.74) is 0.706. The molecule has 50 valence electrons. The molecule has 1 aromatic heterocycles. The Bertz CT molecular complexity index is 237. The van der Waals surface area contributed by atoms with Crippen molar-refractivity contribution >= 4 is 0 Å². The summed E-state index contributed by atoms with van der Waals surface area (Å²) in [6.45, 7) is 0. The van der Waals surface area contributed by atoms with E-state index in [0.717, 1.165) is 0 Å². The Morgan fingerprint density at radius 1 is 1.50 bits per heavy atom. The van der Waals surface area contributed by atoms with Gasteiger partial charge in [0.2, 0.25) is 0 Å². The molecule has 1 N–H and O–H groups in total. The number of pyridine rings is 1. The van der Waals surface area contributed by atoms with E-state index in [9.17, 15) is 0 Å². The maximum Gasteiger partial charge on any atom is 0.140 e. The van der Waals surface area contributed by atoms with Crippen molar-refractivity contribution in [2.24, 2.45) is 0 Å². The first-order valence-corrected chi connectivity index (χ1v) is 2.88. The highest BCUT2D eigenvalue weighted by Gasteiger charge is 1.99. The predicted molar refractivity (Wildman–Crippen MR) is 38.0 cm³/mol. The lowest BCUT2D eigenvalue weighted by Crippen LogP contribution is -1.91. The monoisotopic (exact) mass is 133 g/mol. The number of terminal acetylenes is 1. The molecule has 1 atom stereocenters. The highest BCUT2D eigenvalue weighted by molar-refractivity contribution is 5.20. The Kier molecular flexibility index (Phi) is 2.03. The van der Waals surface area contributed by atoms with Gasteiger partial charge in [0.05, 0.1) is 0 Å². The minimum absolute atomic E-state index is 0.706. The van der Waals surface area contributed by atoms with Gasteiger partial charge in [0.25, 0.3) is 0 Å². The minimum Gasteiger partial charge on any atom is -0.376 e. The van der Waals surface area contributed by atoms with Gasteiger partial charge in [-0.2, -0.15) is 0 Å². The SMILES string of the molecule is C#C[C@H](O)c1ccncc1. The summed E-state index contributed by atoms with van der Waals surface area (Å²) in [4.78, 5) is 3.78. The van der Waals surface area contributed by atoms with Crippen molar-refractivity contribution in [1.29, 1.82) is 0 Å². The zero-order valence-electron chi connectivity index (χ0n) is 5.36. The van der Waals surface area contributed by atoms with Gasteiger partial charge in [0.15, 0.2) is 0 Å². The quantitative estimate of drug-likeness (QED) is 0.573. The molecule has 0 spiro atoms. The van der Waals surface area contributed by atoms with Crippen molar-refractivity contribution in [2.75, 3.05) is 0 Å². The predicted octanol–water partition coefficient (Wildman–Crippen LogP) is 0.748. The average molecular weight is 133 g/mol. The third-order valence-electron chi connectivity index (χ3n) is 1.18. The molecule has 0 aliphatic rings. The van der Waals surface area contributed by atoms with Gasteiger partial charge in [-0.05, 0) is 17.7 Å². The molecule has 0 amide bonds. The Hall–Kier alpha value is -1.33. The Morgan fingerprint density at radius 2 is 2.10 bits per heavy atom. The van der Waals surface area contributed by atoms with Crippen LogP contribution in [-0.2, 0) is 0 Å². The van der Waals surface area contributed by atoms with Crippen LogP contribution in [0.3, 0.4) is 0 Å². The van der Waals surface area contributed by atoms with Gasteiger partial charge in [-0.3, -0.25) is 4.98 Å². The number of hydrogen-bond donors (Lipinski definition) is 1. The van der Waals surface area contributed by atoms with Crippen LogP contribution in [0.2, 0.25) is 0 Å². The molecule has 2 heteroatoms. The highest BCUT2D eigenvalue weighted by Crippen LogP contribution is 2.08. The van der Waals surface area contributed by atoms with E-state index in [1.54, 1.807) is 24.5 Å².